The van der Waals surface area contributed by atoms with E-state index in [2.05, 4.69) is 10.3 Å². The molecular formula is C17H16N2O2S. The molecule has 5 heteroatoms. The molecule has 0 aliphatic carbocycles. The van der Waals surface area contributed by atoms with Crippen LogP contribution in [0.2, 0.25) is 0 Å². The zero-order valence-electron chi connectivity index (χ0n) is 12.4. The number of rotatable bonds is 4. The zero-order chi connectivity index (χ0) is 15.5. The van der Waals surface area contributed by atoms with E-state index in [1.807, 2.05) is 42.6 Å². The molecule has 3 rings (SSSR count). The third kappa shape index (κ3) is 2.67. The minimum atomic E-state index is -0.360. The van der Waals surface area contributed by atoms with E-state index in [-0.39, 0.29) is 5.97 Å². The number of carbonyl (C=O) groups is 1. The molecule has 2 heterocycles. The summed E-state index contributed by atoms with van der Waals surface area (Å²) < 4.78 is 6.10. The normalized spacial score (nSPS) is 10.6. The van der Waals surface area contributed by atoms with Gasteiger partial charge in [-0.05, 0) is 36.9 Å². The first kappa shape index (κ1) is 14.5. The second-order valence-corrected chi connectivity index (χ2v) is 5.76. The number of esters is 1. The largest absolute Gasteiger partial charge is 0.462 e. The van der Waals surface area contributed by atoms with Gasteiger partial charge in [0.05, 0.1) is 22.5 Å². The van der Waals surface area contributed by atoms with Crippen molar-refractivity contribution in [2.45, 2.75) is 13.8 Å². The van der Waals surface area contributed by atoms with E-state index in [0.717, 1.165) is 27.2 Å². The zero-order valence-corrected chi connectivity index (χ0v) is 13.2. The molecule has 22 heavy (non-hydrogen) atoms. The van der Waals surface area contributed by atoms with E-state index >= 15 is 0 Å². The van der Waals surface area contributed by atoms with Crippen molar-refractivity contribution in [3.8, 4) is 0 Å². The first-order valence-electron chi connectivity index (χ1n) is 7.06. The molecule has 2 aromatic heterocycles. The van der Waals surface area contributed by atoms with E-state index in [4.69, 9.17) is 4.74 Å². The van der Waals surface area contributed by atoms with Crippen LogP contribution >= 0.6 is 11.3 Å². The van der Waals surface area contributed by atoms with Gasteiger partial charge in [-0.2, -0.15) is 0 Å². The summed E-state index contributed by atoms with van der Waals surface area (Å²) in [6, 6.07) is 9.91. The maximum Gasteiger partial charge on any atom is 0.341 e. The van der Waals surface area contributed by atoms with E-state index in [9.17, 15) is 4.79 Å². The van der Waals surface area contributed by atoms with Crippen molar-refractivity contribution in [2.24, 2.45) is 0 Å². The molecule has 0 spiro atoms. The highest BCUT2D eigenvalue weighted by Crippen LogP contribution is 2.33. The predicted molar refractivity (Wildman–Crippen MR) is 90.0 cm³/mol. The molecule has 0 aliphatic heterocycles. The second-order valence-electron chi connectivity index (χ2n) is 4.84. The number of para-hydroxylation sites is 1. The van der Waals surface area contributed by atoms with Gasteiger partial charge in [0.25, 0.3) is 0 Å². The smallest absolute Gasteiger partial charge is 0.341 e. The Morgan fingerprint density at radius 1 is 1.32 bits per heavy atom. The molecule has 0 atom stereocenters. The number of ether oxygens (including phenoxy) is 1. The Morgan fingerprint density at radius 3 is 2.91 bits per heavy atom. The van der Waals surface area contributed by atoms with Gasteiger partial charge in [0.1, 0.15) is 5.56 Å². The summed E-state index contributed by atoms with van der Waals surface area (Å²) in [4.78, 5) is 16.5. The van der Waals surface area contributed by atoms with Gasteiger partial charge in [0.2, 0.25) is 0 Å². The Morgan fingerprint density at radius 2 is 2.14 bits per heavy atom. The fraction of sp³-hybridized carbons (Fsp3) is 0.176. The van der Waals surface area contributed by atoms with Gasteiger partial charge in [0.15, 0.2) is 0 Å². The highest BCUT2D eigenvalue weighted by molar-refractivity contribution is 7.17. The number of carbonyl (C=O) groups excluding carboxylic acids is 1. The number of benzene rings is 1. The van der Waals surface area contributed by atoms with Gasteiger partial charge < -0.3 is 10.1 Å². The number of hydrogen-bond acceptors (Lipinski definition) is 5. The van der Waals surface area contributed by atoms with Crippen LogP contribution in [0.1, 0.15) is 22.8 Å². The van der Waals surface area contributed by atoms with Crippen LogP contribution in [0.15, 0.2) is 41.9 Å². The Balaban J connectivity index is 2.12. The third-order valence-electron chi connectivity index (χ3n) is 3.37. The maximum atomic E-state index is 12.2. The average molecular weight is 312 g/mol. The van der Waals surface area contributed by atoms with Crippen molar-refractivity contribution in [1.29, 1.82) is 0 Å². The van der Waals surface area contributed by atoms with Crippen molar-refractivity contribution in [3.05, 3.63) is 53.0 Å². The molecule has 0 unspecified atom stereocenters. The Bertz CT molecular complexity index is 826. The van der Waals surface area contributed by atoms with Crippen LogP contribution in [-0.2, 0) is 4.74 Å². The third-order valence-corrected chi connectivity index (χ3v) is 4.29. The lowest BCUT2D eigenvalue weighted by atomic mass is 10.1. The summed E-state index contributed by atoms with van der Waals surface area (Å²) in [7, 11) is 0. The van der Waals surface area contributed by atoms with Crippen LogP contribution in [0.4, 0.5) is 11.4 Å². The molecule has 0 aliphatic rings. The lowest BCUT2D eigenvalue weighted by Crippen LogP contribution is -2.09. The van der Waals surface area contributed by atoms with Crippen LogP contribution in [0.25, 0.3) is 10.2 Å². The van der Waals surface area contributed by atoms with Gasteiger partial charge in [0, 0.05) is 11.9 Å². The molecular weight excluding hydrogens is 296 g/mol. The molecule has 0 saturated heterocycles. The summed E-state index contributed by atoms with van der Waals surface area (Å²) in [5, 5.41) is 5.35. The molecule has 0 radical (unpaired) electrons. The van der Waals surface area contributed by atoms with Gasteiger partial charge in [-0.3, -0.25) is 4.98 Å². The van der Waals surface area contributed by atoms with Gasteiger partial charge in [-0.25, -0.2) is 4.79 Å². The number of hydrogen-bond donors (Lipinski definition) is 1. The van der Waals surface area contributed by atoms with Crippen LogP contribution in [-0.4, -0.2) is 17.6 Å². The van der Waals surface area contributed by atoms with Gasteiger partial charge in [-0.15, -0.1) is 11.3 Å². The van der Waals surface area contributed by atoms with Crippen LogP contribution in [0.3, 0.4) is 0 Å². The summed E-state index contributed by atoms with van der Waals surface area (Å²) in [5.41, 5.74) is 4.16. The van der Waals surface area contributed by atoms with Crippen LogP contribution in [0, 0.1) is 6.92 Å². The number of fused-ring (bicyclic) bond motifs is 1. The standard InChI is InChI=1S/C17H16N2O2S/c1-3-21-17(20)12-10-18-14-8-9-22-16(14)15(12)19-13-7-5-4-6-11(13)2/h4-10H,3H2,1-2H3,(H,18,19). The van der Waals surface area contributed by atoms with E-state index < -0.39 is 0 Å². The number of nitrogens with zero attached hydrogens (tertiary/aromatic N) is 1. The van der Waals surface area contributed by atoms with E-state index in [1.54, 1.807) is 24.5 Å². The molecule has 0 fully saturated rings. The van der Waals surface area contributed by atoms with Gasteiger partial charge in [-0.1, -0.05) is 18.2 Å². The topological polar surface area (TPSA) is 51.2 Å². The SMILES string of the molecule is CCOC(=O)c1cnc2ccsc2c1Nc1ccccc1C. The Kier molecular flexibility index (Phi) is 4.06. The molecule has 4 nitrogen and oxygen atoms in total. The highest BCUT2D eigenvalue weighted by Gasteiger charge is 2.18. The van der Waals surface area contributed by atoms with E-state index in [1.165, 1.54) is 0 Å². The van der Waals surface area contributed by atoms with Crippen molar-refractivity contribution < 1.29 is 9.53 Å². The summed E-state index contributed by atoms with van der Waals surface area (Å²) >= 11 is 1.56. The Labute approximate surface area is 132 Å². The molecule has 0 saturated carbocycles. The molecule has 3 aromatic rings. The molecule has 1 N–H and O–H groups in total. The summed E-state index contributed by atoms with van der Waals surface area (Å²) in [6.07, 6.45) is 1.58. The van der Waals surface area contributed by atoms with Gasteiger partial charge >= 0.3 is 5.97 Å². The number of pyridine rings is 1. The van der Waals surface area contributed by atoms with E-state index in [0.29, 0.717) is 12.2 Å². The lowest BCUT2D eigenvalue weighted by molar-refractivity contribution is 0.0527. The van der Waals surface area contributed by atoms with Crippen LogP contribution < -0.4 is 5.32 Å². The molecule has 0 bridgehead atoms. The first-order chi connectivity index (χ1) is 10.7. The summed E-state index contributed by atoms with van der Waals surface area (Å²) in [6.45, 7) is 4.16. The van der Waals surface area contributed by atoms with Crippen molar-refractivity contribution in [1.82, 2.24) is 4.98 Å². The average Bonchev–Trinajstić information content (AvgIpc) is 2.99. The highest BCUT2D eigenvalue weighted by atomic mass is 32.1. The lowest BCUT2D eigenvalue weighted by Gasteiger charge is -2.14. The minimum Gasteiger partial charge on any atom is -0.462 e. The number of anilines is 2. The predicted octanol–water partition coefficient (Wildman–Crippen LogP) is 4.53. The van der Waals surface area contributed by atoms with Crippen molar-refractivity contribution in [2.75, 3.05) is 11.9 Å². The minimum absolute atomic E-state index is 0.338. The fourth-order valence-electron chi connectivity index (χ4n) is 2.25. The van der Waals surface area contributed by atoms with Crippen molar-refractivity contribution in [3.63, 3.8) is 0 Å². The number of thiophene rings is 1. The monoisotopic (exact) mass is 312 g/mol. The number of aryl methyl sites for hydroxylation is 1. The second kappa shape index (κ2) is 6.15. The van der Waals surface area contributed by atoms with Crippen molar-refractivity contribution >= 4 is 38.9 Å². The maximum absolute atomic E-state index is 12.2. The number of aromatic nitrogens is 1. The first-order valence-corrected chi connectivity index (χ1v) is 7.94. The van der Waals surface area contributed by atoms with Crippen LogP contribution in [0.5, 0.6) is 0 Å². The quantitative estimate of drug-likeness (QED) is 0.719. The summed E-state index contributed by atoms with van der Waals surface area (Å²) in [5.74, 6) is -0.360. The molecule has 1 aromatic carbocycles. The number of nitrogens with one attached hydrogen (secondary N) is 1. The fourth-order valence-corrected chi connectivity index (χ4v) is 3.10. The Hall–Kier alpha value is -2.40. The molecule has 0 amide bonds. The molecule has 112 valence electrons.